The van der Waals surface area contributed by atoms with Crippen molar-refractivity contribution < 1.29 is 22.7 Å². The van der Waals surface area contributed by atoms with E-state index in [0.717, 1.165) is 0 Å². The molecule has 0 unspecified atom stereocenters. The lowest BCUT2D eigenvalue weighted by atomic mass is 10.1. The van der Waals surface area contributed by atoms with E-state index in [2.05, 4.69) is 5.32 Å². The van der Waals surface area contributed by atoms with Crippen LogP contribution in [0.25, 0.3) is 0 Å². The van der Waals surface area contributed by atoms with Gasteiger partial charge >= 0.3 is 0 Å². The van der Waals surface area contributed by atoms with Crippen LogP contribution < -0.4 is 19.1 Å². The van der Waals surface area contributed by atoms with E-state index >= 15 is 0 Å². The summed E-state index contributed by atoms with van der Waals surface area (Å²) in [6.45, 7) is 1.76. The maximum atomic E-state index is 12.9. The third-order valence-corrected chi connectivity index (χ3v) is 6.64. The summed E-state index contributed by atoms with van der Waals surface area (Å²) in [6, 6.07) is 18.1. The number of anilines is 2. The average molecular weight is 441 g/mol. The van der Waals surface area contributed by atoms with Gasteiger partial charge in [-0.25, -0.2) is 8.42 Å². The second-order valence-electron chi connectivity index (χ2n) is 6.81. The number of hydrogen-bond acceptors (Lipinski definition) is 5. The maximum Gasteiger partial charge on any atom is 0.264 e. The molecule has 1 N–H and O–H groups in total. The summed E-state index contributed by atoms with van der Waals surface area (Å²) in [4.78, 5) is 13.0. The smallest absolute Gasteiger partial charge is 0.264 e. The third kappa shape index (κ3) is 4.64. The normalized spacial score (nSPS) is 11.0. The number of methoxy groups -OCH3 is 2. The number of amides is 1. The molecule has 0 aliphatic carbocycles. The van der Waals surface area contributed by atoms with Gasteiger partial charge in [-0.15, -0.1) is 0 Å². The van der Waals surface area contributed by atoms with Crippen LogP contribution in [0, 0.1) is 6.92 Å². The summed E-state index contributed by atoms with van der Waals surface area (Å²) in [5.41, 5.74) is 2.03. The molecule has 1 amide bonds. The molecule has 0 bridgehead atoms. The molecule has 7 nitrogen and oxygen atoms in total. The van der Waals surface area contributed by atoms with Gasteiger partial charge in [0.1, 0.15) is 11.5 Å². The molecule has 0 saturated heterocycles. The average Bonchev–Trinajstić information content (AvgIpc) is 2.79. The number of benzene rings is 3. The molecule has 8 heteroatoms. The molecular weight excluding hydrogens is 416 g/mol. The zero-order valence-electron chi connectivity index (χ0n) is 17.7. The van der Waals surface area contributed by atoms with Gasteiger partial charge in [-0.2, -0.15) is 0 Å². The largest absolute Gasteiger partial charge is 0.497 e. The van der Waals surface area contributed by atoms with Crippen molar-refractivity contribution in [3.8, 4) is 11.5 Å². The molecule has 3 rings (SSSR count). The Balaban J connectivity index is 1.85. The minimum Gasteiger partial charge on any atom is -0.497 e. The molecule has 0 saturated carbocycles. The zero-order valence-corrected chi connectivity index (χ0v) is 18.6. The van der Waals surface area contributed by atoms with E-state index in [-0.39, 0.29) is 10.8 Å². The van der Waals surface area contributed by atoms with E-state index in [9.17, 15) is 13.2 Å². The van der Waals surface area contributed by atoms with E-state index in [1.807, 2.05) is 0 Å². The van der Waals surface area contributed by atoms with Crippen molar-refractivity contribution in [2.45, 2.75) is 11.8 Å². The first-order chi connectivity index (χ1) is 14.8. The van der Waals surface area contributed by atoms with Gasteiger partial charge in [-0.05, 0) is 55.0 Å². The van der Waals surface area contributed by atoms with Crippen molar-refractivity contribution in [3.05, 3.63) is 77.9 Å². The number of rotatable bonds is 7. The topological polar surface area (TPSA) is 84.9 Å². The second kappa shape index (κ2) is 9.09. The number of aryl methyl sites for hydroxylation is 1. The highest BCUT2D eigenvalue weighted by atomic mass is 32.2. The summed E-state index contributed by atoms with van der Waals surface area (Å²) in [5.74, 6) is 0.735. The van der Waals surface area contributed by atoms with Gasteiger partial charge in [0.05, 0.1) is 30.5 Å². The summed E-state index contributed by atoms with van der Waals surface area (Å²) in [6.07, 6.45) is 0. The fraction of sp³-hybridized carbons (Fsp3) is 0.174. The fourth-order valence-corrected chi connectivity index (χ4v) is 4.41. The van der Waals surface area contributed by atoms with Crippen LogP contribution in [0.1, 0.15) is 15.9 Å². The van der Waals surface area contributed by atoms with Crippen LogP contribution in [-0.2, 0) is 10.0 Å². The standard InChI is InChI=1S/C23H24N2O5S/c1-16-14-17(23(26)24-20-12-11-18(29-3)15-22(20)30-4)10-13-21(16)25(2)31(27,28)19-8-6-5-7-9-19/h5-15H,1-4H3,(H,24,26). The highest BCUT2D eigenvalue weighted by molar-refractivity contribution is 7.92. The van der Waals surface area contributed by atoms with Crippen molar-refractivity contribution >= 4 is 27.3 Å². The summed E-state index contributed by atoms with van der Waals surface area (Å²) in [5, 5.41) is 2.81. The molecule has 0 atom stereocenters. The number of nitrogens with zero attached hydrogens (tertiary/aromatic N) is 1. The summed E-state index contributed by atoms with van der Waals surface area (Å²) in [7, 11) is 0.840. The predicted octanol–water partition coefficient (Wildman–Crippen LogP) is 4.09. The Morgan fingerprint density at radius 3 is 2.26 bits per heavy atom. The fourth-order valence-electron chi connectivity index (χ4n) is 3.13. The third-order valence-electron chi connectivity index (χ3n) is 4.86. The van der Waals surface area contributed by atoms with Gasteiger partial charge in [0.15, 0.2) is 0 Å². The highest BCUT2D eigenvalue weighted by Crippen LogP contribution is 2.30. The van der Waals surface area contributed by atoms with Gasteiger partial charge in [0, 0.05) is 18.7 Å². The molecule has 0 aromatic heterocycles. The number of nitrogens with one attached hydrogen (secondary N) is 1. The van der Waals surface area contributed by atoms with E-state index in [1.54, 1.807) is 80.8 Å². The van der Waals surface area contributed by atoms with Crippen LogP contribution in [0.15, 0.2) is 71.6 Å². The first kappa shape index (κ1) is 22.2. The van der Waals surface area contributed by atoms with Crippen molar-refractivity contribution in [1.29, 1.82) is 0 Å². The first-order valence-electron chi connectivity index (χ1n) is 9.46. The first-order valence-corrected chi connectivity index (χ1v) is 10.9. The lowest BCUT2D eigenvalue weighted by Crippen LogP contribution is -2.27. The molecule has 0 heterocycles. The SMILES string of the molecule is COc1ccc(NC(=O)c2ccc(N(C)S(=O)(=O)c3ccccc3)c(C)c2)c(OC)c1. The van der Waals surface area contributed by atoms with E-state index < -0.39 is 10.0 Å². The van der Waals surface area contributed by atoms with Crippen molar-refractivity contribution in [1.82, 2.24) is 0 Å². The Kier molecular flexibility index (Phi) is 6.50. The van der Waals surface area contributed by atoms with Gasteiger partial charge < -0.3 is 14.8 Å². The van der Waals surface area contributed by atoms with Crippen LogP contribution in [0.4, 0.5) is 11.4 Å². The lowest BCUT2D eigenvalue weighted by Gasteiger charge is -2.22. The molecule has 0 fully saturated rings. The highest BCUT2D eigenvalue weighted by Gasteiger charge is 2.23. The van der Waals surface area contributed by atoms with E-state index in [0.29, 0.717) is 34.0 Å². The summed E-state index contributed by atoms with van der Waals surface area (Å²) < 4.78 is 37.5. The Morgan fingerprint density at radius 1 is 0.935 bits per heavy atom. The van der Waals surface area contributed by atoms with Gasteiger partial charge in [-0.1, -0.05) is 18.2 Å². The number of ether oxygens (including phenoxy) is 2. The maximum absolute atomic E-state index is 12.9. The molecular formula is C23H24N2O5S. The molecule has 0 aliphatic rings. The predicted molar refractivity (Wildman–Crippen MR) is 121 cm³/mol. The van der Waals surface area contributed by atoms with Gasteiger partial charge in [0.2, 0.25) is 0 Å². The number of carbonyl (C=O) groups excluding carboxylic acids is 1. The number of carbonyl (C=O) groups is 1. The monoisotopic (exact) mass is 440 g/mol. The van der Waals surface area contributed by atoms with E-state index in [1.165, 1.54) is 18.5 Å². The Hall–Kier alpha value is -3.52. The molecule has 31 heavy (non-hydrogen) atoms. The summed E-state index contributed by atoms with van der Waals surface area (Å²) >= 11 is 0. The van der Waals surface area contributed by atoms with Gasteiger partial charge in [-0.3, -0.25) is 9.10 Å². The van der Waals surface area contributed by atoms with Crippen LogP contribution in [0.2, 0.25) is 0 Å². The lowest BCUT2D eigenvalue weighted by molar-refractivity contribution is 0.102. The van der Waals surface area contributed by atoms with Crippen LogP contribution in [0.5, 0.6) is 11.5 Å². The Morgan fingerprint density at radius 2 is 1.65 bits per heavy atom. The second-order valence-corrected chi connectivity index (χ2v) is 8.78. The molecule has 3 aromatic rings. The van der Waals surface area contributed by atoms with Crippen molar-refractivity contribution in [3.63, 3.8) is 0 Å². The van der Waals surface area contributed by atoms with Crippen molar-refractivity contribution in [2.75, 3.05) is 30.9 Å². The molecule has 162 valence electrons. The van der Waals surface area contributed by atoms with Gasteiger partial charge in [0.25, 0.3) is 15.9 Å². The van der Waals surface area contributed by atoms with E-state index in [4.69, 9.17) is 9.47 Å². The van der Waals surface area contributed by atoms with Crippen LogP contribution >= 0.6 is 0 Å². The molecule has 0 aliphatic heterocycles. The number of sulfonamides is 1. The molecule has 0 radical (unpaired) electrons. The van der Waals surface area contributed by atoms with Crippen LogP contribution in [0.3, 0.4) is 0 Å². The minimum absolute atomic E-state index is 0.199. The molecule has 0 spiro atoms. The Bertz CT molecular complexity index is 1190. The Labute approximate surface area is 182 Å². The van der Waals surface area contributed by atoms with Crippen molar-refractivity contribution in [2.24, 2.45) is 0 Å². The van der Waals surface area contributed by atoms with Crippen LogP contribution in [-0.4, -0.2) is 35.6 Å². The molecule has 3 aromatic carbocycles. The number of hydrogen-bond donors (Lipinski definition) is 1. The quantitative estimate of drug-likeness (QED) is 0.598. The minimum atomic E-state index is -3.71. The zero-order chi connectivity index (χ0) is 22.6.